The Morgan fingerprint density at radius 1 is 1.00 bits per heavy atom. The second kappa shape index (κ2) is 6.86. The van der Waals surface area contributed by atoms with Crippen molar-refractivity contribution in [3.8, 4) is 23.0 Å². The predicted molar refractivity (Wildman–Crippen MR) is 78.9 cm³/mol. The van der Waals surface area contributed by atoms with Crippen molar-refractivity contribution in [1.29, 1.82) is 0 Å². The Kier molecular flexibility index (Phi) is 4.59. The van der Waals surface area contributed by atoms with E-state index in [1.165, 1.54) is 18.2 Å². The molecular formula is C16H6F4O7. The lowest BCUT2D eigenvalue weighted by Gasteiger charge is -2.11. The summed E-state index contributed by atoms with van der Waals surface area (Å²) in [4.78, 5) is 29.2. The van der Waals surface area contributed by atoms with Crippen LogP contribution in [0.3, 0.4) is 0 Å². The summed E-state index contributed by atoms with van der Waals surface area (Å²) in [6, 6.07) is 6.23. The fourth-order valence-corrected chi connectivity index (χ4v) is 2.22. The average molecular weight is 386 g/mol. The molecule has 7 nitrogen and oxygen atoms in total. The molecular weight excluding hydrogens is 380 g/mol. The fourth-order valence-electron chi connectivity index (χ4n) is 2.22. The maximum absolute atomic E-state index is 14.1. The van der Waals surface area contributed by atoms with Gasteiger partial charge >= 0.3 is 11.6 Å². The molecule has 3 rings (SSSR count). The number of halogens is 4. The van der Waals surface area contributed by atoms with E-state index in [9.17, 15) is 32.5 Å². The smallest absolute Gasteiger partial charge is 0.349 e. The minimum absolute atomic E-state index is 0.00514. The molecule has 0 radical (unpaired) electrons. The topological polar surface area (TPSA) is 95.2 Å². The van der Waals surface area contributed by atoms with E-state index >= 15 is 0 Å². The fraction of sp³-hybridized carbons (Fsp3) is 0. The zero-order valence-corrected chi connectivity index (χ0v) is 12.8. The molecule has 0 unspecified atom stereocenters. The van der Waals surface area contributed by atoms with Gasteiger partial charge in [0.15, 0.2) is 11.6 Å². The van der Waals surface area contributed by atoms with Crippen LogP contribution in [0.4, 0.5) is 17.8 Å². The van der Waals surface area contributed by atoms with E-state index in [2.05, 4.69) is 9.88 Å². The number of aromatic hydroxyl groups is 1. The second-order valence-corrected chi connectivity index (χ2v) is 5.01. The van der Waals surface area contributed by atoms with Gasteiger partial charge < -0.3 is 14.3 Å². The molecule has 3 aromatic rings. The van der Waals surface area contributed by atoms with Crippen molar-refractivity contribution in [2.75, 3.05) is 0 Å². The number of phenols is 1. The molecule has 11 heteroatoms. The van der Waals surface area contributed by atoms with Gasteiger partial charge in [0.05, 0.1) is 0 Å². The number of esters is 1. The van der Waals surface area contributed by atoms with Gasteiger partial charge in [-0.25, -0.2) is 18.4 Å². The second-order valence-electron chi connectivity index (χ2n) is 5.01. The van der Waals surface area contributed by atoms with Gasteiger partial charge in [0.2, 0.25) is 5.75 Å². The van der Waals surface area contributed by atoms with Gasteiger partial charge in [-0.2, -0.15) is 0 Å². The number of hydrogen-bond donors (Lipinski definition) is 1. The zero-order chi connectivity index (χ0) is 19.7. The van der Waals surface area contributed by atoms with Gasteiger partial charge in [0.1, 0.15) is 16.9 Å². The molecule has 1 N–H and O–H groups in total. The Bertz CT molecular complexity index is 1110. The Hall–Kier alpha value is -3.76. The van der Waals surface area contributed by atoms with Crippen LogP contribution in [-0.2, 0) is 0 Å². The summed E-state index contributed by atoms with van der Waals surface area (Å²) in [7, 11) is 0. The minimum atomic E-state index is -2.02. The number of ether oxygens (including phenoxy) is 1. The van der Waals surface area contributed by atoms with Crippen LogP contribution >= 0.6 is 0 Å². The number of phenolic OH excluding ortho intramolecular Hbond substituents is 1. The van der Waals surface area contributed by atoms with E-state index in [0.29, 0.717) is 5.39 Å². The molecule has 0 saturated carbocycles. The van der Waals surface area contributed by atoms with Crippen molar-refractivity contribution in [2.24, 2.45) is 0 Å². The maximum atomic E-state index is 14.1. The van der Waals surface area contributed by atoms with Crippen LogP contribution in [0.2, 0.25) is 0 Å². The van der Waals surface area contributed by atoms with E-state index in [1.54, 1.807) is 0 Å². The third kappa shape index (κ3) is 3.10. The highest BCUT2D eigenvalue weighted by molar-refractivity contribution is 5.94. The van der Waals surface area contributed by atoms with Crippen LogP contribution in [0.15, 0.2) is 39.5 Å². The number of carbonyl (C=O) groups excluding carboxylic acids is 1. The largest absolute Gasteiger partial charge is 0.502 e. The average Bonchev–Trinajstić information content (AvgIpc) is 2.64. The highest BCUT2D eigenvalue weighted by Crippen LogP contribution is 2.43. The van der Waals surface area contributed by atoms with Crippen LogP contribution < -0.4 is 20.2 Å². The standard InChI is InChI=1S/C16H6F4O7/c17-11-10(12(18)14(26-19)15(27-20)13(11)22)16(23)24-7-3-1-6-2-4-9(21)25-8(6)5-7/h1-5,22H. The lowest BCUT2D eigenvalue weighted by atomic mass is 10.1. The van der Waals surface area contributed by atoms with Gasteiger partial charge in [-0.15, -0.1) is 0 Å². The predicted octanol–water partition coefficient (Wildman–Crippen LogP) is 3.52. The van der Waals surface area contributed by atoms with Crippen LogP contribution in [0, 0.1) is 11.6 Å². The molecule has 0 aliphatic rings. The molecule has 0 amide bonds. The minimum Gasteiger partial charge on any atom is -0.502 e. The Labute approximate surface area is 145 Å². The molecule has 0 aliphatic heterocycles. The molecule has 0 fully saturated rings. The highest BCUT2D eigenvalue weighted by Gasteiger charge is 2.33. The molecule has 0 bridgehead atoms. The van der Waals surface area contributed by atoms with E-state index in [0.717, 1.165) is 12.1 Å². The SMILES string of the molecule is O=C(Oc1ccc2ccc(=O)oc2c1)c1c(F)c(O)c(OF)c(OF)c1F. The van der Waals surface area contributed by atoms with Gasteiger partial charge in [0, 0.05) is 26.6 Å². The molecule has 0 saturated heterocycles. The van der Waals surface area contributed by atoms with Gasteiger partial charge in [-0.05, 0) is 18.2 Å². The van der Waals surface area contributed by atoms with Crippen LogP contribution in [0.25, 0.3) is 11.0 Å². The first-order valence-corrected chi connectivity index (χ1v) is 6.94. The molecule has 1 aromatic heterocycles. The number of hydrogen-bond acceptors (Lipinski definition) is 7. The first kappa shape index (κ1) is 18.0. The zero-order valence-electron chi connectivity index (χ0n) is 12.8. The molecule has 0 spiro atoms. The van der Waals surface area contributed by atoms with Crippen molar-refractivity contribution in [2.45, 2.75) is 0 Å². The number of carbonyl (C=O) groups is 1. The van der Waals surface area contributed by atoms with Gasteiger partial charge in [-0.1, -0.05) is 0 Å². The molecule has 2 aromatic carbocycles. The molecule has 27 heavy (non-hydrogen) atoms. The van der Waals surface area contributed by atoms with Crippen LogP contribution in [0.1, 0.15) is 10.4 Å². The first-order chi connectivity index (χ1) is 12.9. The number of benzene rings is 2. The summed E-state index contributed by atoms with van der Waals surface area (Å²) in [5.41, 5.74) is -2.26. The monoisotopic (exact) mass is 386 g/mol. The summed E-state index contributed by atoms with van der Waals surface area (Å²) in [5, 5.41) is 9.85. The normalized spacial score (nSPS) is 10.7. The summed E-state index contributed by atoms with van der Waals surface area (Å²) in [6.45, 7) is 0. The van der Waals surface area contributed by atoms with Crippen molar-refractivity contribution in [1.82, 2.24) is 0 Å². The Morgan fingerprint density at radius 3 is 2.33 bits per heavy atom. The quantitative estimate of drug-likeness (QED) is 0.317. The molecule has 0 atom stereocenters. The van der Waals surface area contributed by atoms with Crippen molar-refractivity contribution in [3.63, 3.8) is 0 Å². The molecule has 0 aliphatic carbocycles. The summed E-state index contributed by atoms with van der Waals surface area (Å²) < 4.78 is 62.4. The van der Waals surface area contributed by atoms with Crippen LogP contribution in [-0.4, -0.2) is 11.1 Å². The number of rotatable bonds is 4. The third-order valence-corrected chi connectivity index (χ3v) is 3.43. The van der Waals surface area contributed by atoms with E-state index < -0.39 is 46.0 Å². The molecule has 140 valence electrons. The van der Waals surface area contributed by atoms with E-state index in [4.69, 9.17) is 9.15 Å². The van der Waals surface area contributed by atoms with Crippen molar-refractivity contribution < 1.29 is 46.8 Å². The van der Waals surface area contributed by atoms with Crippen molar-refractivity contribution >= 4 is 16.9 Å². The van der Waals surface area contributed by atoms with E-state index in [1.807, 2.05) is 0 Å². The summed E-state index contributed by atoms with van der Waals surface area (Å²) >= 11 is 0. The van der Waals surface area contributed by atoms with Gasteiger partial charge in [0.25, 0.3) is 11.5 Å². The number of fused-ring (bicyclic) bond motifs is 1. The van der Waals surface area contributed by atoms with E-state index in [-0.39, 0.29) is 11.3 Å². The third-order valence-electron chi connectivity index (χ3n) is 3.43. The Balaban J connectivity index is 2.04. The van der Waals surface area contributed by atoms with Crippen LogP contribution in [0.5, 0.6) is 23.0 Å². The molecule has 1 heterocycles. The summed E-state index contributed by atoms with van der Waals surface area (Å²) in [6.07, 6.45) is 0. The highest BCUT2D eigenvalue weighted by atomic mass is 19.3. The summed E-state index contributed by atoms with van der Waals surface area (Å²) in [5.74, 6) is -11.1. The maximum Gasteiger partial charge on any atom is 0.349 e. The van der Waals surface area contributed by atoms with Crippen molar-refractivity contribution in [3.05, 3.63) is 57.9 Å². The first-order valence-electron chi connectivity index (χ1n) is 6.94. The Morgan fingerprint density at radius 2 is 1.67 bits per heavy atom. The lowest BCUT2D eigenvalue weighted by Crippen LogP contribution is -2.14. The lowest BCUT2D eigenvalue weighted by molar-refractivity contribution is -0.0444. The van der Waals surface area contributed by atoms with Gasteiger partial charge in [-0.3, -0.25) is 9.88 Å².